The van der Waals surface area contributed by atoms with E-state index in [1.165, 1.54) is 6.42 Å². The Hall–Kier alpha value is -1.92. The molecule has 1 aliphatic carbocycles. The fourth-order valence-corrected chi connectivity index (χ4v) is 4.19. The van der Waals surface area contributed by atoms with Crippen LogP contribution in [0.25, 0.3) is 0 Å². The van der Waals surface area contributed by atoms with Crippen molar-refractivity contribution in [3.8, 4) is 0 Å². The number of carbonyl (C=O) groups is 2. The van der Waals surface area contributed by atoms with Crippen molar-refractivity contribution in [3.05, 3.63) is 35.9 Å². The third-order valence-electron chi connectivity index (χ3n) is 5.78. The van der Waals surface area contributed by atoms with Crippen LogP contribution in [0.5, 0.6) is 0 Å². The molecule has 1 unspecified atom stereocenters. The summed E-state index contributed by atoms with van der Waals surface area (Å²) in [6.07, 6.45) is 6.75. The van der Waals surface area contributed by atoms with Gasteiger partial charge in [-0.05, 0) is 50.3 Å². The van der Waals surface area contributed by atoms with Gasteiger partial charge in [0.25, 0.3) is 0 Å². The highest BCUT2D eigenvalue weighted by molar-refractivity contribution is 5.95. The van der Waals surface area contributed by atoms with Gasteiger partial charge in [-0.2, -0.15) is 0 Å². The monoisotopic (exact) mass is 373 g/mol. The minimum absolute atomic E-state index is 0.196. The highest BCUT2D eigenvalue weighted by Gasteiger charge is 2.27. The Balaban J connectivity index is 1.37. The van der Waals surface area contributed by atoms with Gasteiger partial charge in [0.05, 0.1) is 12.6 Å². The minimum Gasteiger partial charge on any atom is -0.388 e. The number of aliphatic hydroxyl groups excluding tert-OH is 1. The van der Waals surface area contributed by atoms with Crippen LogP contribution in [0.2, 0.25) is 0 Å². The second-order valence-corrected chi connectivity index (χ2v) is 7.83. The van der Waals surface area contributed by atoms with Gasteiger partial charge in [0.15, 0.2) is 0 Å². The number of hydrogen-bond acceptors (Lipinski definition) is 4. The summed E-state index contributed by atoms with van der Waals surface area (Å²) < 4.78 is 0. The molecule has 3 amide bonds. The van der Waals surface area contributed by atoms with Gasteiger partial charge in [0.1, 0.15) is 0 Å². The summed E-state index contributed by atoms with van der Waals surface area (Å²) in [6, 6.07) is 9.56. The van der Waals surface area contributed by atoms with Gasteiger partial charge in [0.2, 0.25) is 5.91 Å². The van der Waals surface area contributed by atoms with Crippen molar-refractivity contribution in [3.63, 3.8) is 0 Å². The van der Waals surface area contributed by atoms with Gasteiger partial charge in [0, 0.05) is 6.04 Å². The highest BCUT2D eigenvalue weighted by Crippen LogP contribution is 2.30. The quantitative estimate of drug-likeness (QED) is 0.741. The van der Waals surface area contributed by atoms with Crippen molar-refractivity contribution >= 4 is 11.9 Å². The van der Waals surface area contributed by atoms with Gasteiger partial charge in [-0.25, -0.2) is 4.79 Å². The number of rotatable bonds is 5. The molecular weight excluding hydrogens is 342 g/mol. The molecule has 1 aromatic rings. The number of urea groups is 1. The number of hydrogen-bond donors (Lipinski definition) is 3. The number of likely N-dealkylation sites (tertiary alicyclic amines) is 1. The molecule has 1 heterocycles. The number of carbonyl (C=O) groups excluding carboxylic acids is 2. The van der Waals surface area contributed by atoms with Gasteiger partial charge in [-0.3, -0.25) is 15.0 Å². The summed E-state index contributed by atoms with van der Waals surface area (Å²) in [4.78, 5) is 26.2. The van der Waals surface area contributed by atoms with E-state index in [-0.39, 0.29) is 30.4 Å². The predicted octanol–water partition coefficient (Wildman–Crippen LogP) is 2.59. The third-order valence-corrected chi connectivity index (χ3v) is 5.78. The van der Waals surface area contributed by atoms with Crippen LogP contribution in [-0.4, -0.2) is 47.6 Å². The largest absolute Gasteiger partial charge is 0.388 e. The van der Waals surface area contributed by atoms with Gasteiger partial charge in [-0.1, -0.05) is 49.6 Å². The Morgan fingerprint density at radius 2 is 1.70 bits per heavy atom. The summed E-state index contributed by atoms with van der Waals surface area (Å²) in [6.45, 7) is 1.74. The first-order valence-corrected chi connectivity index (χ1v) is 10.2. The fourth-order valence-electron chi connectivity index (χ4n) is 4.19. The van der Waals surface area contributed by atoms with Crippen LogP contribution >= 0.6 is 0 Å². The van der Waals surface area contributed by atoms with Crippen LogP contribution in [0.3, 0.4) is 0 Å². The van der Waals surface area contributed by atoms with Crippen LogP contribution in [-0.2, 0) is 4.79 Å². The lowest BCUT2D eigenvalue weighted by Gasteiger charge is -2.34. The van der Waals surface area contributed by atoms with E-state index in [0.29, 0.717) is 0 Å². The molecule has 0 spiro atoms. The smallest absolute Gasteiger partial charge is 0.321 e. The van der Waals surface area contributed by atoms with Crippen LogP contribution < -0.4 is 10.6 Å². The van der Waals surface area contributed by atoms with Crippen molar-refractivity contribution in [2.24, 2.45) is 5.92 Å². The average molecular weight is 373 g/mol. The van der Waals surface area contributed by atoms with Crippen molar-refractivity contribution < 1.29 is 14.7 Å². The summed E-state index contributed by atoms with van der Waals surface area (Å²) in [7, 11) is 0. The molecule has 3 rings (SSSR count). The number of nitrogens with one attached hydrogen (secondary N) is 2. The Labute approximate surface area is 161 Å². The normalized spacial score (nSPS) is 20.8. The lowest BCUT2D eigenvalue weighted by atomic mass is 9.87. The zero-order valence-electron chi connectivity index (χ0n) is 15.9. The molecule has 2 aliphatic rings. The van der Waals surface area contributed by atoms with Crippen molar-refractivity contribution in [2.45, 2.75) is 57.1 Å². The first-order chi connectivity index (χ1) is 13.1. The standard InChI is InChI=1S/C21H31N3O3/c25-19(23-21(27)22-18-9-5-2-6-10-18)15-24-13-11-17(12-14-24)20(26)16-7-3-1-4-8-16/h1,3-4,7-8,17-18,20,26H,2,5-6,9-15H2,(H2,22,23,25,27). The van der Waals surface area contributed by atoms with Crippen LogP contribution in [0.15, 0.2) is 30.3 Å². The van der Waals surface area contributed by atoms with E-state index in [1.807, 2.05) is 30.3 Å². The van der Waals surface area contributed by atoms with E-state index in [9.17, 15) is 14.7 Å². The molecular formula is C21H31N3O3. The average Bonchev–Trinajstić information content (AvgIpc) is 2.69. The molecule has 1 aliphatic heterocycles. The second kappa shape index (κ2) is 9.85. The van der Waals surface area contributed by atoms with Gasteiger partial charge >= 0.3 is 6.03 Å². The van der Waals surface area contributed by atoms with Crippen molar-refractivity contribution in [1.29, 1.82) is 0 Å². The minimum atomic E-state index is -0.455. The molecule has 6 heteroatoms. The number of piperidine rings is 1. The maximum atomic E-state index is 12.1. The highest BCUT2D eigenvalue weighted by atomic mass is 16.3. The number of amides is 3. The van der Waals surface area contributed by atoms with Gasteiger partial charge < -0.3 is 10.4 Å². The molecule has 1 atom stereocenters. The molecule has 148 valence electrons. The first-order valence-electron chi connectivity index (χ1n) is 10.2. The van der Waals surface area contributed by atoms with E-state index in [2.05, 4.69) is 15.5 Å². The Morgan fingerprint density at radius 1 is 1.04 bits per heavy atom. The van der Waals surface area contributed by atoms with Crippen LogP contribution in [0.4, 0.5) is 4.79 Å². The van der Waals surface area contributed by atoms with E-state index >= 15 is 0 Å². The molecule has 1 saturated carbocycles. The number of nitrogens with zero attached hydrogens (tertiary/aromatic N) is 1. The Bertz CT molecular complexity index is 608. The maximum absolute atomic E-state index is 12.1. The lowest BCUT2D eigenvalue weighted by Crippen LogP contribution is -2.49. The SMILES string of the molecule is O=C(CN1CCC(C(O)c2ccccc2)CC1)NC(=O)NC1CCCCC1. The zero-order chi connectivity index (χ0) is 19.1. The van der Waals surface area contributed by atoms with Crippen LogP contribution in [0, 0.1) is 5.92 Å². The molecule has 0 bridgehead atoms. The fraction of sp³-hybridized carbons (Fsp3) is 0.619. The van der Waals surface area contributed by atoms with Crippen molar-refractivity contribution in [2.75, 3.05) is 19.6 Å². The number of benzene rings is 1. The molecule has 0 aromatic heterocycles. The molecule has 1 aromatic carbocycles. The van der Waals surface area contributed by atoms with E-state index in [0.717, 1.165) is 57.2 Å². The summed E-state index contributed by atoms with van der Waals surface area (Å²) in [5, 5.41) is 15.9. The van der Waals surface area contributed by atoms with Gasteiger partial charge in [-0.15, -0.1) is 0 Å². The topological polar surface area (TPSA) is 81.7 Å². The number of aliphatic hydroxyl groups is 1. The van der Waals surface area contributed by atoms with Crippen molar-refractivity contribution in [1.82, 2.24) is 15.5 Å². The maximum Gasteiger partial charge on any atom is 0.321 e. The van der Waals surface area contributed by atoms with E-state index in [4.69, 9.17) is 0 Å². The summed E-state index contributed by atoms with van der Waals surface area (Å²) in [5.74, 6) is -0.0494. The molecule has 2 fully saturated rings. The van der Waals surface area contributed by atoms with E-state index in [1.54, 1.807) is 0 Å². The Kier molecular flexibility index (Phi) is 7.24. The number of imide groups is 1. The lowest BCUT2D eigenvalue weighted by molar-refractivity contribution is -0.121. The molecule has 3 N–H and O–H groups in total. The molecule has 1 saturated heterocycles. The first kappa shape index (κ1) is 19.8. The Morgan fingerprint density at radius 3 is 2.37 bits per heavy atom. The molecule has 0 radical (unpaired) electrons. The van der Waals surface area contributed by atoms with E-state index < -0.39 is 6.10 Å². The predicted molar refractivity (Wildman–Crippen MR) is 104 cm³/mol. The zero-order valence-corrected chi connectivity index (χ0v) is 15.9. The second-order valence-electron chi connectivity index (χ2n) is 7.83. The molecule has 27 heavy (non-hydrogen) atoms. The molecule has 6 nitrogen and oxygen atoms in total. The van der Waals surface area contributed by atoms with Crippen LogP contribution in [0.1, 0.15) is 56.6 Å². The summed E-state index contributed by atoms with van der Waals surface area (Å²) in [5.41, 5.74) is 0.952. The summed E-state index contributed by atoms with van der Waals surface area (Å²) >= 11 is 0. The third kappa shape index (κ3) is 6.04.